The van der Waals surface area contributed by atoms with Crippen LogP contribution in [-0.2, 0) is 11.3 Å². The number of thiazole rings is 1. The number of ketones is 1. The number of rotatable bonds is 6. The molecule has 0 fully saturated rings. The van der Waals surface area contributed by atoms with Crippen LogP contribution in [0.3, 0.4) is 0 Å². The molecule has 0 saturated heterocycles. The van der Waals surface area contributed by atoms with Crippen LogP contribution in [-0.4, -0.2) is 23.8 Å². The molecule has 0 aliphatic rings. The van der Waals surface area contributed by atoms with Crippen LogP contribution in [0.5, 0.6) is 0 Å². The van der Waals surface area contributed by atoms with Gasteiger partial charge in [0.05, 0.1) is 17.2 Å². The van der Waals surface area contributed by atoms with Crippen LogP contribution in [0.2, 0.25) is 0 Å². The highest BCUT2D eigenvalue weighted by molar-refractivity contribution is 7.18. The van der Waals surface area contributed by atoms with Gasteiger partial charge in [0.25, 0.3) is 5.91 Å². The molecule has 1 aromatic heterocycles. The Morgan fingerprint density at radius 2 is 1.77 bits per heavy atom. The number of ether oxygens (including phenoxy) is 1. The molecule has 0 saturated carbocycles. The maximum absolute atomic E-state index is 12.4. The Balaban J connectivity index is 1.83. The second-order valence-corrected chi connectivity index (χ2v) is 6.70. The summed E-state index contributed by atoms with van der Waals surface area (Å²) in [5, 5.41) is 3.18. The third-order valence-corrected chi connectivity index (χ3v) is 4.81. The maximum atomic E-state index is 12.4. The van der Waals surface area contributed by atoms with Crippen LogP contribution in [0.25, 0.3) is 11.3 Å². The van der Waals surface area contributed by atoms with Crippen LogP contribution in [0.4, 0.5) is 5.13 Å². The predicted molar refractivity (Wildman–Crippen MR) is 103 cm³/mol. The minimum Gasteiger partial charge on any atom is -0.380 e. The number of benzene rings is 2. The fourth-order valence-corrected chi connectivity index (χ4v) is 3.37. The molecule has 132 valence electrons. The quantitative estimate of drug-likeness (QED) is 0.656. The summed E-state index contributed by atoms with van der Waals surface area (Å²) in [6, 6.07) is 16.6. The number of Topliss-reactive ketones (excluding diaryl/α,β-unsaturated/α-hetero) is 1. The lowest BCUT2D eigenvalue weighted by Gasteiger charge is -2.03. The monoisotopic (exact) mass is 366 g/mol. The summed E-state index contributed by atoms with van der Waals surface area (Å²) in [6.07, 6.45) is 0. The molecule has 0 atom stereocenters. The summed E-state index contributed by atoms with van der Waals surface area (Å²) in [6.45, 7) is 2.00. The zero-order valence-corrected chi connectivity index (χ0v) is 15.3. The van der Waals surface area contributed by atoms with Gasteiger partial charge in [0, 0.05) is 25.2 Å². The highest BCUT2D eigenvalue weighted by Gasteiger charge is 2.18. The first-order valence-electron chi connectivity index (χ1n) is 8.05. The van der Waals surface area contributed by atoms with Crippen LogP contribution in [0.15, 0.2) is 54.6 Å². The van der Waals surface area contributed by atoms with Crippen molar-refractivity contribution in [3.05, 3.63) is 70.6 Å². The van der Waals surface area contributed by atoms with Gasteiger partial charge in [-0.2, -0.15) is 0 Å². The summed E-state index contributed by atoms with van der Waals surface area (Å²) in [7, 11) is 1.63. The van der Waals surface area contributed by atoms with Gasteiger partial charge in [0.1, 0.15) is 0 Å². The number of aromatic nitrogens is 1. The van der Waals surface area contributed by atoms with Crippen molar-refractivity contribution in [2.75, 3.05) is 12.4 Å². The number of nitrogens with zero attached hydrogens (tertiary/aromatic N) is 1. The Kier molecular flexibility index (Phi) is 5.55. The summed E-state index contributed by atoms with van der Waals surface area (Å²) in [5.41, 5.74) is 2.95. The predicted octanol–water partition coefficient (Wildman–Crippen LogP) is 4.41. The van der Waals surface area contributed by atoms with Gasteiger partial charge < -0.3 is 4.74 Å². The third kappa shape index (κ3) is 4.04. The molecule has 0 spiro atoms. The first-order valence-corrected chi connectivity index (χ1v) is 8.86. The van der Waals surface area contributed by atoms with Crippen molar-refractivity contribution in [1.29, 1.82) is 0 Å². The molecule has 1 N–H and O–H groups in total. The highest BCUT2D eigenvalue weighted by atomic mass is 32.1. The van der Waals surface area contributed by atoms with E-state index in [9.17, 15) is 9.59 Å². The normalized spacial score (nSPS) is 10.5. The second-order valence-electron chi connectivity index (χ2n) is 5.70. The number of carbonyl (C=O) groups excluding carboxylic acids is 2. The van der Waals surface area contributed by atoms with E-state index in [2.05, 4.69) is 10.3 Å². The standard InChI is InChI=1S/C20H18N2O3S/c1-13(23)18-17(15-6-4-3-5-7-15)21-20(26-18)22-19(24)16-10-8-14(9-11-16)12-25-2/h3-11H,12H2,1-2H3,(H,21,22,24). The van der Waals surface area contributed by atoms with E-state index in [1.165, 1.54) is 18.3 Å². The van der Waals surface area contributed by atoms with Gasteiger partial charge in [0.2, 0.25) is 0 Å². The van der Waals surface area contributed by atoms with Gasteiger partial charge in [-0.1, -0.05) is 53.8 Å². The van der Waals surface area contributed by atoms with Crippen LogP contribution in [0.1, 0.15) is 32.5 Å². The van der Waals surface area contributed by atoms with E-state index in [1.807, 2.05) is 42.5 Å². The van der Waals surface area contributed by atoms with Crippen molar-refractivity contribution in [1.82, 2.24) is 4.98 Å². The van der Waals surface area contributed by atoms with Crippen LogP contribution in [0, 0.1) is 0 Å². The van der Waals surface area contributed by atoms with Gasteiger partial charge in [0.15, 0.2) is 10.9 Å². The largest absolute Gasteiger partial charge is 0.380 e. The molecule has 2 aromatic carbocycles. The molecule has 6 heteroatoms. The fraction of sp³-hybridized carbons (Fsp3) is 0.150. The molecule has 0 unspecified atom stereocenters. The number of hydrogen-bond acceptors (Lipinski definition) is 5. The van der Waals surface area contributed by atoms with Gasteiger partial charge in [-0.15, -0.1) is 0 Å². The molecule has 5 nitrogen and oxygen atoms in total. The Bertz CT molecular complexity index is 918. The number of methoxy groups -OCH3 is 1. The Hall–Kier alpha value is -2.83. The molecule has 0 bridgehead atoms. The Labute approximate surface area is 155 Å². The molecule has 0 aliphatic carbocycles. The molecule has 3 aromatic rings. The molecular formula is C20H18N2O3S. The lowest BCUT2D eigenvalue weighted by Crippen LogP contribution is -2.11. The first kappa shape index (κ1) is 18.0. The van der Waals surface area contributed by atoms with Gasteiger partial charge in [-0.05, 0) is 17.7 Å². The van der Waals surface area contributed by atoms with Crippen molar-refractivity contribution in [3.8, 4) is 11.3 Å². The van der Waals surface area contributed by atoms with E-state index >= 15 is 0 Å². The number of carbonyl (C=O) groups is 2. The number of amides is 1. The van der Waals surface area contributed by atoms with Gasteiger partial charge in [-0.25, -0.2) is 4.98 Å². The zero-order chi connectivity index (χ0) is 18.5. The molecule has 1 heterocycles. The first-order chi connectivity index (χ1) is 12.6. The molecule has 0 aliphatic heterocycles. The molecule has 0 radical (unpaired) electrons. The fourth-order valence-electron chi connectivity index (χ4n) is 2.49. The van der Waals surface area contributed by atoms with Crippen molar-refractivity contribution in [3.63, 3.8) is 0 Å². The average Bonchev–Trinajstić information content (AvgIpc) is 3.07. The van der Waals surface area contributed by atoms with E-state index in [0.29, 0.717) is 27.9 Å². The summed E-state index contributed by atoms with van der Waals surface area (Å²) in [4.78, 5) is 29.4. The maximum Gasteiger partial charge on any atom is 0.257 e. The SMILES string of the molecule is COCc1ccc(C(=O)Nc2nc(-c3ccccc3)c(C(C)=O)s2)cc1. The van der Waals surface area contributed by atoms with E-state index in [1.54, 1.807) is 19.2 Å². The van der Waals surface area contributed by atoms with Crippen LogP contribution >= 0.6 is 11.3 Å². The van der Waals surface area contributed by atoms with Crippen LogP contribution < -0.4 is 5.32 Å². The van der Waals surface area contributed by atoms with Crippen molar-refractivity contribution in [2.45, 2.75) is 13.5 Å². The third-order valence-electron chi connectivity index (χ3n) is 3.74. The average molecular weight is 366 g/mol. The minimum atomic E-state index is -0.266. The van der Waals surface area contributed by atoms with Crippen molar-refractivity contribution < 1.29 is 14.3 Å². The van der Waals surface area contributed by atoms with E-state index in [-0.39, 0.29) is 11.7 Å². The topological polar surface area (TPSA) is 68.3 Å². The second kappa shape index (κ2) is 8.03. The number of hydrogen-bond donors (Lipinski definition) is 1. The number of nitrogens with one attached hydrogen (secondary N) is 1. The Morgan fingerprint density at radius 3 is 2.38 bits per heavy atom. The minimum absolute atomic E-state index is 0.0780. The molecular weight excluding hydrogens is 348 g/mol. The van der Waals surface area contributed by atoms with E-state index < -0.39 is 0 Å². The Morgan fingerprint density at radius 1 is 1.08 bits per heavy atom. The molecule has 26 heavy (non-hydrogen) atoms. The summed E-state index contributed by atoms with van der Waals surface area (Å²) in [5.74, 6) is -0.344. The van der Waals surface area contributed by atoms with E-state index in [0.717, 1.165) is 11.1 Å². The van der Waals surface area contributed by atoms with E-state index in [4.69, 9.17) is 4.74 Å². The lowest BCUT2D eigenvalue weighted by atomic mass is 10.1. The molecule has 1 amide bonds. The zero-order valence-electron chi connectivity index (χ0n) is 14.5. The summed E-state index contributed by atoms with van der Waals surface area (Å²) < 4.78 is 5.06. The van der Waals surface area contributed by atoms with Crippen molar-refractivity contribution >= 4 is 28.2 Å². The highest BCUT2D eigenvalue weighted by Crippen LogP contribution is 2.31. The molecule has 3 rings (SSSR count). The van der Waals surface area contributed by atoms with Gasteiger partial charge in [-0.3, -0.25) is 14.9 Å². The lowest BCUT2D eigenvalue weighted by molar-refractivity contribution is 0.101. The van der Waals surface area contributed by atoms with Gasteiger partial charge >= 0.3 is 0 Å². The van der Waals surface area contributed by atoms with Crippen molar-refractivity contribution in [2.24, 2.45) is 0 Å². The smallest absolute Gasteiger partial charge is 0.257 e. The number of anilines is 1. The summed E-state index contributed by atoms with van der Waals surface area (Å²) >= 11 is 1.18.